The molecule has 3 N–H and O–H groups in total. The largest absolute Gasteiger partial charge is 0.379 e. The molecular formula is C20H32N4O3. The zero-order valence-corrected chi connectivity index (χ0v) is 16.2. The second-order valence-electron chi connectivity index (χ2n) is 6.37. The molecule has 7 heteroatoms. The molecule has 1 atom stereocenters. The van der Waals surface area contributed by atoms with Crippen molar-refractivity contribution in [1.29, 1.82) is 0 Å². The number of rotatable bonds is 11. The molecule has 1 aliphatic rings. The molecule has 0 spiro atoms. The van der Waals surface area contributed by atoms with Gasteiger partial charge in [0.25, 0.3) is 5.91 Å². The third-order valence-corrected chi connectivity index (χ3v) is 4.13. The number of carbonyl (C=O) groups excluding carboxylic acids is 1. The second kappa shape index (κ2) is 13.1. The molecule has 1 saturated heterocycles. The Morgan fingerprint density at radius 1 is 1.22 bits per heavy atom. The molecule has 1 aliphatic heterocycles. The first-order valence-corrected chi connectivity index (χ1v) is 9.84. The lowest BCUT2D eigenvalue weighted by Gasteiger charge is -2.12. The van der Waals surface area contributed by atoms with Crippen LogP contribution in [0, 0.1) is 0 Å². The maximum absolute atomic E-state index is 12.0. The maximum atomic E-state index is 12.0. The minimum atomic E-state index is -0.0669. The van der Waals surface area contributed by atoms with Crippen LogP contribution in [0.5, 0.6) is 0 Å². The minimum absolute atomic E-state index is 0.0669. The predicted octanol–water partition coefficient (Wildman–Crippen LogP) is 1.56. The molecule has 0 radical (unpaired) electrons. The normalized spacial score (nSPS) is 16.9. The predicted molar refractivity (Wildman–Crippen MR) is 107 cm³/mol. The summed E-state index contributed by atoms with van der Waals surface area (Å²) in [5.74, 6) is 0.688. The highest BCUT2D eigenvalue weighted by atomic mass is 16.5. The van der Waals surface area contributed by atoms with Gasteiger partial charge in [-0.3, -0.25) is 9.79 Å². The molecule has 0 saturated carbocycles. The summed E-state index contributed by atoms with van der Waals surface area (Å²) in [4.78, 5) is 16.5. The summed E-state index contributed by atoms with van der Waals surface area (Å²) >= 11 is 0. The number of aliphatic imine (C=N–C) groups is 1. The number of guanidine groups is 1. The van der Waals surface area contributed by atoms with Gasteiger partial charge in [0, 0.05) is 45.0 Å². The van der Waals surface area contributed by atoms with Gasteiger partial charge in [-0.2, -0.15) is 0 Å². The standard InChI is InChI=1S/C20H32N4O3/c1-2-21-20(23-11-7-14-26-16-18-10-6-15-27-18)24-13-12-22-19(25)17-8-4-3-5-9-17/h3-5,8-9,18H,2,6-7,10-16H2,1H3,(H,22,25)(H2,21,23,24). The van der Waals surface area contributed by atoms with Crippen molar-refractivity contribution >= 4 is 11.9 Å². The van der Waals surface area contributed by atoms with Gasteiger partial charge in [-0.25, -0.2) is 0 Å². The summed E-state index contributed by atoms with van der Waals surface area (Å²) in [6.07, 6.45) is 3.39. The molecule has 7 nitrogen and oxygen atoms in total. The van der Waals surface area contributed by atoms with Crippen LogP contribution in [0.3, 0.4) is 0 Å². The van der Waals surface area contributed by atoms with Gasteiger partial charge in [0.15, 0.2) is 5.96 Å². The molecule has 1 amide bonds. The highest BCUT2D eigenvalue weighted by molar-refractivity contribution is 5.94. The van der Waals surface area contributed by atoms with E-state index in [9.17, 15) is 4.79 Å². The summed E-state index contributed by atoms with van der Waals surface area (Å²) < 4.78 is 11.2. The number of carbonyl (C=O) groups is 1. The lowest BCUT2D eigenvalue weighted by Crippen LogP contribution is -2.41. The van der Waals surface area contributed by atoms with E-state index in [1.165, 1.54) is 0 Å². The number of nitrogens with zero attached hydrogens (tertiary/aromatic N) is 1. The van der Waals surface area contributed by atoms with Crippen LogP contribution in [-0.2, 0) is 9.47 Å². The van der Waals surface area contributed by atoms with Crippen molar-refractivity contribution in [1.82, 2.24) is 16.0 Å². The van der Waals surface area contributed by atoms with E-state index in [1.54, 1.807) is 12.1 Å². The summed E-state index contributed by atoms with van der Waals surface area (Å²) in [6, 6.07) is 9.21. The SMILES string of the molecule is CCNC(=NCCCOCC1CCCO1)NCCNC(=O)c1ccccc1. The molecule has 1 aromatic rings. The Morgan fingerprint density at radius 3 is 2.78 bits per heavy atom. The van der Waals surface area contributed by atoms with Gasteiger partial charge in [0.1, 0.15) is 0 Å². The van der Waals surface area contributed by atoms with E-state index in [0.717, 1.165) is 38.4 Å². The lowest BCUT2D eigenvalue weighted by atomic mass is 10.2. The first-order valence-electron chi connectivity index (χ1n) is 9.84. The molecule has 0 aromatic heterocycles. The number of benzene rings is 1. The number of hydrogen-bond donors (Lipinski definition) is 3. The fraction of sp³-hybridized carbons (Fsp3) is 0.600. The number of amides is 1. The van der Waals surface area contributed by atoms with Crippen LogP contribution in [0.15, 0.2) is 35.3 Å². The molecule has 27 heavy (non-hydrogen) atoms. The van der Waals surface area contributed by atoms with E-state index < -0.39 is 0 Å². The van der Waals surface area contributed by atoms with Crippen molar-refractivity contribution in [3.63, 3.8) is 0 Å². The second-order valence-corrected chi connectivity index (χ2v) is 6.37. The minimum Gasteiger partial charge on any atom is -0.379 e. The van der Waals surface area contributed by atoms with Crippen molar-refractivity contribution in [3.8, 4) is 0 Å². The molecule has 2 rings (SSSR count). The molecule has 1 aromatic carbocycles. The van der Waals surface area contributed by atoms with E-state index in [0.29, 0.717) is 38.4 Å². The van der Waals surface area contributed by atoms with Gasteiger partial charge in [-0.15, -0.1) is 0 Å². The van der Waals surface area contributed by atoms with Crippen molar-refractivity contribution < 1.29 is 14.3 Å². The van der Waals surface area contributed by atoms with E-state index in [2.05, 4.69) is 20.9 Å². The summed E-state index contributed by atoms with van der Waals surface area (Å²) in [6.45, 7) is 6.89. The lowest BCUT2D eigenvalue weighted by molar-refractivity contribution is 0.0171. The van der Waals surface area contributed by atoms with Crippen LogP contribution in [0.25, 0.3) is 0 Å². The topological polar surface area (TPSA) is 84.0 Å². The molecule has 1 heterocycles. The number of nitrogens with one attached hydrogen (secondary N) is 3. The Hall–Kier alpha value is -2.12. The fourth-order valence-corrected chi connectivity index (χ4v) is 2.74. The summed E-state index contributed by atoms with van der Waals surface area (Å²) in [5, 5.41) is 9.32. The Labute approximate surface area is 161 Å². The van der Waals surface area contributed by atoms with Gasteiger partial charge in [0.2, 0.25) is 0 Å². The highest BCUT2D eigenvalue weighted by Crippen LogP contribution is 2.11. The highest BCUT2D eigenvalue weighted by Gasteiger charge is 2.14. The molecule has 1 unspecified atom stereocenters. The van der Waals surface area contributed by atoms with E-state index in [4.69, 9.17) is 9.47 Å². The van der Waals surface area contributed by atoms with Gasteiger partial charge in [-0.05, 0) is 38.3 Å². The van der Waals surface area contributed by atoms with Crippen LogP contribution in [-0.4, -0.2) is 64.0 Å². The smallest absolute Gasteiger partial charge is 0.251 e. The van der Waals surface area contributed by atoms with Gasteiger partial charge in [-0.1, -0.05) is 18.2 Å². The Kier molecular flexibility index (Phi) is 10.3. The van der Waals surface area contributed by atoms with E-state index >= 15 is 0 Å². The van der Waals surface area contributed by atoms with Crippen LogP contribution in [0.1, 0.15) is 36.5 Å². The monoisotopic (exact) mass is 376 g/mol. The van der Waals surface area contributed by atoms with E-state index in [-0.39, 0.29) is 12.0 Å². The third kappa shape index (κ3) is 8.88. The van der Waals surface area contributed by atoms with Crippen LogP contribution < -0.4 is 16.0 Å². The maximum Gasteiger partial charge on any atom is 0.251 e. The molecule has 0 bridgehead atoms. The Morgan fingerprint density at radius 2 is 2.04 bits per heavy atom. The number of hydrogen-bond acceptors (Lipinski definition) is 4. The van der Waals surface area contributed by atoms with Crippen LogP contribution in [0.2, 0.25) is 0 Å². The average molecular weight is 377 g/mol. The van der Waals surface area contributed by atoms with Crippen molar-refractivity contribution in [2.24, 2.45) is 4.99 Å². The van der Waals surface area contributed by atoms with Gasteiger partial charge < -0.3 is 25.4 Å². The molecule has 150 valence electrons. The van der Waals surface area contributed by atoms with E-state index in [1.807, 2.05) is 25.1 Å². The van der Waals surface area contributed by atoms with Gasteiger partial charge >= 0.3 is 0 Å². The fourth-order valence-electron chi connectivity index (χ4n) is 2.74. The third-order valence-electron chi connectivity index (χ3n) is 4.13. The van der Waals surface area contributed by atoms with Crippen molar-refractivity contribution in [2.45, 2.75) is 32.3 Å². The van der Waals surface area contributed by atoms with Gasteiger partial charge in [0.05, 0.1) is 12.7 Å². The van der Waals surface area contributed by atoms with Crippen LogP contribution >= 0.6 is 0 Å². The Balaban J connectivity index is 1.56. The zero-order valence-electron chi connectivity index (χ0n) is 16.2. The van der Waals surface area contributed by atoms with Crippen molar-refractivity contribution in [2.75, 3.05) is 46.0 Å². The van der Waals surface area contributed by atoms with Crippen molar-refractivity contribution in [3.05, 3.63) is 35.9 Å². The quantitative estimate of drug-likeness (QED) is 0.310. The Bertz CT molecular complexity index is 560. The summed E-state index contributed by atoms with van der Waals surface area (Å²) in [5.41, 5.74) is 0.668. The number of ether oxygens (including phenoxy) is 2. The van der Waals surface area contributed by atoms with Crippen LogP contribution in [0.4, 0.5) is 0 Å². The zero-order chi connectivity index (χ0) is 19.2. The molecule has 0 aliphatic carbocycles. The average Bonchev–Trinajstić information content (AvgIpc) is 3.21. The first-order chi connectivity index (χ1) is 13.3. The summed E-state index contributed by atoms with van der Waals surface area (Å²) in [7, 11) is 0. The first kappa shape index (κ1) is 21.2. The molecule has 1 fully saturated rings. The molecular weight excluding hydrogens is 344 g/mol.